The van der Waals surface area contributed by atoms with E-state index in [-0.39, 0.29) is 24.0 Å². The molecule has 1 unspecified atom stereocenters. The number of benzene rings is 1. The van der Waals surface area contributed by atoms with Crippen LogP contribution in [0.15, 0.2) is 41.5 Å². The molecule has 1 saturated heterocycles. The average molecular weight is 523 g/mol. The Labute approximate surface area is 197 Å². The Morgan fingerprint density at radius 2 is 1.87 bits per heavy atom. The number of aliphatic imine (C=N–C) groups is 1. The maximum absolute atomic E-state index is 5.52. The molecular formula is C23H34IN5O. The third-order valence-corrected chi connectivity index (χ3v) is 5.63. The van der Waals surface area contributed by atoms with E-state index in [4.69, 9.17) is 4.74 Å². The van der Waals surface area contributed by atoms with Crippen LogP contribution < -0.4 is 15.4 Å². The molecule has 0 radical (unpaired) electrons. The number of nitrogens with zero attached hydrogens (tertiary/aromatic N) is 3. The van der Waals surface area contributed by atoms with Crippen LogP contribution in [-0.2, 0) is 6.54 Å². The van der Waals surface area contributed by atoms with Gasteiger partial charge in [0.25, 0.3) is 0 Å². The Balaban J connectivity index is 0.00000320. The number of methoxy groups -OCH3 is 1. The fourth-order valence-corrected chi connectivity index (χ4v) is 4.02. The second-order valence-corrected chi connectivity index (χ2v) is 7.52. The van der Waals surface area contributed by atoms with Crippen LogP contribution in [0.4, 0.5) is 0 Å². The summed E-state index contributed by atoms with van der Waals surface area (Å²) in [5.41, 5.74) is 4.43. The first-order valence-electron chi connectivity index (χ1n) is 10.4. The molecule has 1 aromatic heterocycles. The van der Waals surface area contributed by atoms with Gasteiger partial charge in [-0.1, -0.05) is 30.3 Å². The predicted octanol–water partition coefficient (Wildman–Crippen LogP) is 3.83. The number of aromatic nitrogens is 1. The number of pyridine rings is 1. The van der Waals surface area contributed by atoms with E-state index in [1.807, 2.05) is 20.0 Å². The van der Waals surface area contributed by atoms with Crippen molar-refractivity contribution in [2.45, 2.75) is 39.3 Å². The molecule has 0 saturated carbocycles. The van der Waals surface area contributed by atoms with E-state index in [9.17, 15) is 0 Å². The molecule has 1 aromatic carbocycles. The van der Waals surface area contributed by atoms with E-state index in [1.54, 1.807) is 14.2 Å². The lowest BCUT2D eigenvalue weighted by Gasteiger charge is -2.29. The third kappa shape index (κ3) is 6.07. The molecule has 1 fully saturated rings. The van der Waals surface area contributed by atoms with Crippen LogP contribution in [0.2, 0.25) is 0 Å². The van der Waals surface area contributed by atoms with Crippen LogP contribution in [-0.4, -0.2) is 49.6 Å². The summed E-state index contributed by atoms with van der Waals surface area (Å²) >= 11 is 0. The van der Waals surface area contributed by atoms with Gasteiger partial charge < -0.3 is 15.4 Å². The smallest absolute Gasteiger partial charge is 0.191 e. The first-order valence-corrected chi connectivity index (χ1v) is 10.4. The topological polar surface area (TPSA) is 61.8 Å². The number of ether oxygens (including phenoxy) is 1. The van der Waals surface area contributed by atoms with Crippen LogP contribution in [0.25, 0.3) is 0 Å². The number of nitrogens with one attached hydrogen (secondary N) is 2. The van der Waals surface area contributed by atoms with Gasteiger partial charge in [0.1, 0.15) is 5.75 Å². The third-order valence-electron chi connectivity index (χ3n) is 5.63. The van der Waals surface area contributed by atoms with E-state index in [2.05, 4.69) is 55.8 Å². The van der Waals surface area contributed by atoms with Crippen molar-refractivity contribution in [3.05, 3.63) is 58.9 Å². The molecule has 3 rings (SSSR count). The maximum Gasteiger partial charge on any atom is 0.191 e. The molecule has 7 heteroatoms. The minimum atomic E-state index is 0. The summed E-state index contributed by atoms with van der Waals surface area (Å²) in [4.78, 5) is 11.5. The Kier molecular flexibility index (Phi) is 9.84. The summed E-state index contributed by atoms with van der Waals surface area (Å²) in [7, 11) is 3.51. The van der Waals surface area contributed by atoms with E-state index in [0.717, 1.165) is 48.2 Å². The molecule has 0 spiro atoms. The first-order chi connectivity index (χ1) is 14.1. The van der Waals surface area contributed by atoms with Crippen LogP contribution in [0.5, 0.6) is 5.75 Å². The quantitative estimate of drug-likeness (QED) is 0.328. The van der Waals surface area contributed by atoms with Crippen molar-refractivity contribution < 1.29 is 4.74 Å². The van der Waals surface area contributed by atoms with Gasteiger partial charge in [-0.05, 0) is 45.3 Å². The lowest BCUT2D eigenvalue weighted by atomic mass is 10.1. The van der Waals surface area contributed by atoms with Crippen LogP contribution in [0.3, 0.4) is 0 Å². The van der Waals surface area contributed by atoms with Crippen molar-refractivity contribution in [3.8, 4) is 5.75 Å². The molecule has 2 N–H and O–H groups in total. The number of halogens is 1. The van der Waals surface area contributed by atoms with E-state index < -0.39 is 0 Å². The van der Waals surface area contributed by atoms with Crippen LogP contribution >= 0.6 is 24.0 Å². The molecule has 164 valence electrons. The van der Waals surface area contributed by atoms with Crippen molar-refractivity contribution in [3.63, 3.8) is 0 Å². The number of guanidine groups is 1. The van der Waals surface area contributed by atoms with E-state index >= 15 is 0 Å². The fraction of sp³-hybridized carbons (Fsp3) is 0.478. The van der Waals surface area contributed by atoms with Gasteiger partial charge in [-0.25, -0.2) is 0 Å². The molecule has 0 bridgehead atoms. The molecular weight excluding hydrogens is 489 g/mol. The number of hydrogen-bond donors (Lipinski definition) is 2. The molecule has 2 heterocycles. The summed E-state index contributed by atoms with van der Waals surface area (Å²) in [6.45, 7) is 7.78. The van der Waals surface area contributed by atoms with Gasteiger partial charge in [0.15, 0.2) is 5.96 Å². The van der Waals surface area contributed by atoms with E-state index in [0.29, 0.717) is 12.6 Å². The Morgan fingerprint density at radius 3 is 2.50 bits per heavy atom. The number of hydrogen-bond acceptors (Lipinski definition) is 4. The standard InChI is InChI=1S/C23H33N5O.HI/c1-17-14-25-20(18(2)22(17)29-4)15-26-23(24-3)27-16-21(28-12-8-9-13-28)19-10-6-5-7-11-19;/h5-7,10-11,14,21H,8-9,12-13,15-16H2,1-4H3,(H2,24,26,27);1H. The first kappa shape index (κ1) is 24.4. The van der Waals surface area contributed by atoms with Gasteiger partial charge in [0.05, 0.1) is 25.4 Å². The lowest BCUT2D eigenvalue weighted by Crippen LogP contribution is -2.42. The minimum absolute atomic E-state index is 0. The Morgan fingerprint density at radius 1 is 1.17 bits per heavy atom. The second kappa shape index (κ2) is 12.1. The largest absolute Gasteiger partial charge is 0.496 e. The zero-order valence-electron chi connectivity index (χ0n) is 18.4. The second-order valence-electron chi connectivity index (χ2n) is 7.52. The summed E-state index contributed by atoms with van der Waals surface area (Å²) < 4.78 is 5.52. The molecule has 2 aromatic rings. The van der Waals surface area contributed by atoms with Crippen molar-refractivity contribution in [1.82, 2.24) is 20.5 Å². The summed E-state index contributed by atoms with van der Waals surface area (Å²) in [5.74, 6) is 1.68. The molecule has 0 amide bonds. The lowest BCUT2D eigenvalue weighted by molar-refractivity contribution is 0.245. The van der Waals surface area contributed by atoms with Gasteiger partial charge in [0, 0.05) is 30.9 Å². The Hall–Kier alpha value is -1.87. The molecule has 1 atom stereocenters. The van der Waals surface area contributed by atoms with Crippen molar-refractivity contribution in [1.29, 1.82) is 0 Å². The highest BCUT2D eigenvalue weighted by Gasteiger charge is 2.23. The van der Waals surface area contributed by atoms with Crippen molar-refractivity contribution in [2.75, 3.05) is 33.8 Å². The average Bonchev–Trinajstić information content (AvgIpc) is 3.27. The van der Waals surface area contributed by atoms with Crippen LogP contribution in [0.1, 0.15) is 41.3 Å². The highest BCUT2D eigenvalue weighted by Crippen LogP contribution is 2.25. The predicted molar refractivity (Wildman–Crippen MR) is 134 cm³/mol. The number of rotatable bonds is 7. The van der Waals surface area contributed by atoms with Crippen molar-refractivity contribution in [2.24, 2.45) is 4.99 Å². The van der Waals surface area contributed by atoms with Crippen molar-refractivity contribution >= 4 is 29.9 Å². The molecule has 30 heavy (non-hydrogen) atoms. The summed E-state index contributed by atoms with van der Waals surface area (Å²) in [6, 6.07) is 11.1. The molecule has 1 aliphatic heterocycles. The number of likely N-dealkylation sites (tertiary alicyclic amines) is 1. The maximum atomic E-state index is 5.52. The summed E-state index contributed by atoms with van der Waals surface area (Å²) in [5, 5.41) is 6.91. The summed E-state index contributed by atoms with van der Waals surface area (Å²) in [6.07, 6.45) is 4.41. The highest BCUT2D eigenvalue weighted by molar-refractivity contribution is 14.0. The van der Waals surface area contributed by atoms with Gasteiger partial charge in [-0.3, -0.25) is 14.9 Å². The zero-order chi connectivity index (χ0) is 20.6. The SMILES string of the molecule is CN=C(NCc1ncc(C)c(OC)c1C)NCC(c1ccccc1)N1CCCC1.I. The molecule has 6 nitrogen and oxygen atoms in total. The normalized spacial score (nSPS) is 15.4. The van der Waals surface area contributed by atoms with Gasteiger partial charge in [-0.2, -0.15) is 0 Å². The minimum Gasteiger partial charge on any atom is -0.496 e. The zero-order valence-corrected chi connectivity index (χ0v) is 20.8. The van der Waals surface area contributed by atoms with Gasteiger partial charge in [-0.15, -0.1) is 24.0 Å². The van der Waals surface area contributed by atoms with E-state index in [1.165, 1.54) is 18.4 Å². The fourth-order valence-electron chi connectivity index (χ4n) is 4.02. The molecule has 1 aliphatic rings. The highest BCUT2D eigenvalue weighted by atomic mass is 127. The molecule has 0 aliphatic carbocycles. The van der Waals surface area contributed by atoms with Gasteiger partial charge >= 0.3 is 0 Å². The van der Waals surface area contributed by atoms with Crippen LogP contribution in [0, 0.1) is 13.8 Å². The van der Waals surface area contributed by atoms with Gasteiger partial charge in [0.2, 0.25) is 0 Å². The monoisotopic (exact) mass is 523 g/mol. The Bertz CT molecular complexity index is 822. The number of aryl methyl sites for hydroxylation is 1.